The first-order chi connectivity index (χ1) is 12.0. The van der Waals surface area contributed by atoms with E-state index in [1.54, 1.807) is 16.2 Å². The second-order valence-corrected chi connectivity index (χ2v) is 8.02. The summed E-state index contributed by atoms with van der Waals surface area (Å²) < 4.78 is 0. The minimum Gasteiger partial charge on any atom is -0.370 e. The monoisotopic (exact) mass is 492 g/mol. The summed E-state index contributed by atoms with van der Waals surface area (Å²) in [4.78, 5) is 27.7. The third-order valence-electron chi connectivity index (χ3n) is 5.26. The van der Waals surface area contributed by atoms with Crippen molar-refractivity contribution in [3.63, 3.8) is 0 Å². The first kappa shape index (κ1) is 21.2. The molecule has 2 aliphatic rings. The Morgan fingerprint density at radius 3 is 2.50 bits per heavy atom. The maximum Gasteiger partial charge on any atom is 0.230 e. The number of nitrogens with zero attached hydrogens (tertiary/aromatic N) is 5. The minimum atomic E-state index is -0.350. The highest BCUT2D eigenvalue weighted by Gasteiger charge is 2.42. The van der Waals surface area contributed by atoms with E-state index < -0.39 is 0 Å². The lowest BCUT2D eigenvalue weighted by molar-refractivity contribution is -0.138. The fraction of sp³-hybridized carbons (Fsp3) is 0.706. The molecule has 9 heteroatoms. The van der Waals surface area contributed by atoms with Crippen molar-refractivity contribution in [2.24, 2.45) is 16.1 Å². The number of carbonyl (C=O) groups excluding carboxylic acids is 1. The second-order valence-electron chi connectivity index (χ2n) is 7.15. The number of amides is 1. The molecule has 1 saturated carbocycles. The van der Waals surface area contributed by atoms with Crippen LogP contribution in [0.3, 0.4) is 0 Å². The van der Waals surface area contributed by atoms with Gasteiger partial charge in [0.2, 0.25) is 5.91 Å². The number of aromatic nitrogens is 1. The average Bonchev–Trinajstić information content (AvgIpc) is 3.31. The van der Waals surface area contributed by atoms with E-state index in [2.05, 4.69) is 19.8 Å². The van der Waals surface area contributed by atoms with E-state index in [1.807, 2.05) is 25.7 Å². The smallest absolute Gasteiger partial charge is 0.230 e. The van der Waals surface area contributed by atoms with Crippen molar-refractivity contribution in [1.82, 2.24) is 14.8 Å². The molecule has 1 amide bonds. The molecule has 146 valence electrons. The van der Waals surface area contributed by atoms with Gasteiger partial charge in [0.15, 0.2) is 11.1 Å². The standard InChI is InChI=1S/C17H28N6OS.HI/c1-21(2)14(24)17(5-3-4-6-17)13-20-15(18)22-8-10-23(11-9-22)16-19-7-12-25-16;/h7,12H,3-6,8-11,13H2,1-2H3,(H2,18,20);1H. The zero-order valence-corrected chi connectivity index (χ0v) is 18.7. The molecule has 2 fully saturated rings. The number of guanidine groups is 1. The Hall–Kier alpha value is -1.10. The van der Waals surface area contributed by atoms with Crippen molar-refractivity contribution in [3.05, 3.63) is 11.6 Å². The molecule has 2 N–H and O–H groups in total. The molecule has 0 radical (unpaired) electrons. The van der Waals surface area contributed by atoms with Crippen molar-refractivity contribution >= 4 is 52.3 Å². The van der Waals surface area contributed by atoms with Crippen molar-refractivity contribution in [2.45, 2.75) is 25.7 Å². The summed E-state index contributed by atoms with van der Waals surface area (Å²) in [7, 11) is 3.65. The molecule has 0 spiro atoms. The fourth-order valence-corrected chi connectivity index (χ4v) is 4.49. The Labute approximate surface area is 176 Å². The number of aliphatic imine (C=N–C) groups is 1. The van der Waals surface area contributed by atoms with Crippen LogP contribution in [-0.4, -0.2) is 73.5 Å². The number of rotatable bonds is 4. The van der Waals surface area contributed by atoms with Gasteiger partial charge in [0, 0.05) is 51.9 Å². The van der Waals surface area contributed by atoms with Crippen LogP contribution in [0.15, 0.2) is 16.6 Å². The van der Waals surface area contributed by atoms with E-state index in [0.717, 1.165) is 57.0 Å². The van der Waals surface area contributed by atoms with Crippen LogP contribution in [0.1, 0.15) is 25.7 Å². The van der Waals surface area contributed by atoms with Crippen LogP contribution in [0.5, 0.6) is 0 Å². The minimum absolute atomic E-state index is 0. The lowest BCUT2D eigenvalue weighted by Crippen LogP contribution is -2.51. The quantitative estimate of drug-likeness (QED) is 0.395. The van der Waals surface area contributed by atoms with Crippen LogP contribution in [0, 0.1) is 5.41 Å². The predicted molar refractivity (Wildman–Crippen MR) is 117 cm³/mol. The molecule has 0 unspecified atom stereocenters. The first-order valence-electron chi connectivity index (χ1n) is 8.93. The topological polar surface area (TPSA) is 78.1 Å². The normalized spacial score (nSPS) is 20.0. The molecule has 3 rings (SSSR count). The Bertz CT molecular complexity index is 607. The molecule has 1 aliphatic heterocycles. The Morgan fingerprint density at radius 2 is 1.96 bits per heavy atom. The van der Waals surface area contributed by atoms with Gasteiger partial charge in [-0.2, -0.15) is 0 Å². The number of anilines is 1. The van der Waals surface area contributed by atoms with Gasteiger partial charge < -0.3 is 20.4 Å². The van der Waals surface area contributed by atoms with Gasteiger partial charge in [-0.25, -0.2) is 4.98 Å². The van der Waals surface area contributed by atoms with Gasteiger partial charge >= 0.3 is 0 Å². The lowest BCUT2D eigenvalue weighted by Gasteiger charge is -2.35. The number of halogens is 1. The van der Waals surface area contributed by atoms with E-state index in [0.29, 0.717) is 12.5 Å². The van der Waals surface area contributed by atoms with E-state index >= 15 is 0 Å². The molecule has 26 heavy (non-hydrogen) atoms. The molecule has 1 aromatic rings. The Balaban J connectivity index is 0.00000243. The Morgan fingerprint density at radius 1 is 1.31 bits per heavy atom. The molecule has 1 aromatic heterocycles. The number of thiazole rings is 1. The van der Waals surface area contributed by atoms with Gasteiger partial charge in [-0.05, 0) is 12.8 Å². The maximum absolute atomic E-state index is 12.6. The molecular weight excluding hydrogens is 463 g/mol. The molecule has 1 aliphatic carbocycles. The number of hydrogen-bond acceptors (Lipinski definition) is 5. The van der Waals surface area contributed by atoms with Crippen molar-refractivity contribution in [1.29, 1.82) is 0 Å². The fourth-order valence-electron chi connectivity index (χ4n) is 3.80. The molecule has 0 aromatic carbocycles. The molecule has 7 nitrogen and oxygen atoms in total. The predicted octanol–water partition coefficient (Wildman–Crippen LogP) is 1.85. The molecule has 0 bridgehead atoms. The van der Waals surface area contributed by atoms with Gasteiger partial charge in [-0.3, -0.25) is 9.79 Å². The summed E-state index contributed by atoms with van der Waals surface area (Å²) in [6.45, 7) is 3.96. The largest absolute Gasteiger partial charge is 0.370 e. The first-order valence-corrected chi connectivity index (χ1v) is 9.81. The van der Waals surface area contributed by atoms with Crippen molar-refractivity contribution in [3.8, 4) is 0 Å². The van der Waals surface area contributed by atoms with Crippen LogP contribution in [-0.2, 0) is 4.79 Å². The van der Waals surface area contributed by atoms with Crippen LogP contribution >= 0.6 is 35.3 Å². The lowest BCUT2D eigenvalue weighted by atomic mass is 9.85. The highest BCUT2D eigenvalue weighted by Crippen LogP contribution is 2.39. The van der Waals surface area contributed by atoms with Crippen LogP contribution in [0.25, 0.3) is 0 Å². The number of hydrogen-bond donors (Lipinski definition) is 1. The van der Waals surface area contributed by atoms with E-state index in [9.17, 15) is 4.79 Å². The van der Waals surface area contributed by atoms with Gasteiger partial charge in [0.25, 0.3) is 0 Å². The zero-order chi connectivity index (χ0) is 17.9. The van der Waals surface area contributed by atoms with E-state index in [1.165, 1.54) is 0 Å². The summed E-state index contributed by atoms with van der Waals surface area (Å²) in [5, 5.41) is 3.07. The molecule has 2 heterocycles. The van der Waals surface area contributed by atoms with Crippen LogP contribution in [0.4, 0.5) is 5.13 Å². The number of piperazine rings is 1. The van der Waals surface area contributed by atoms with Gasteiger partial charge in [0.1, 0.15) is 0 Å². The third-order valence-corrected chi connectivity index (χ3v) is 6.09. The zero-order valence-electron chi connectivity index (χ0n) is 15.6. The molecule has 1 saturated heterocycles. The maximum atomic E-state index is 12.6. The highest BCUT2D eigenvalue weighted by atomic mass is 127. The summed E-state index contributed by atoms with van der Waals surface area (Å²) in [5.74, 6) is 0.756. The van der Waals surface area contributed by atoms with Crippen molar-refractivity contribution < 1.29 is 4.79 Å². The average molecular weight is 492 g/mol. The highest BCUT2D eigenvalue weighted by molar-refractivity contribution is 14.0. The number of nitrogens with two attached hydrogens (primary N) is 1. The van der Waals surface area contributed by atoms with Crippen LogP contribution in [0.2, 0.25) is 0 Å². The van der Waals surface area contributed by atoms with Gasteiger partial charge in [-0.1, -0.05) is 12.8 Å². The summed E-state index contributed by atoms with van der Waals surface area (Å²) in [6, 6.07) is 0. The summed E-state index contributed by atoms with van der Waals surface area (Å²) in [6.07, 6.45) is 5.87. The summed E-state index contributed by atoms with van der Waals surface area (Å²) >= 11 is 1.66. The summed E-state index contributed by atoms with van der Waals surface area (Å²) in [5.41, 5.74) is 5.89. The molecule has 0 atom stereocenters. The van der Waals surface area contributed by atoms with Crippen molar-refractivity contribution in [2.75, 3.05) is 51.7 Å². The second kappa shape index (κ2) is 9.20. The number of carbonyl (C=O) groups is 1. The van der Waals surface area contributed by atoms with Crippen LogP contribution < -0.4 is 10.6 Å². The SMILES string of the molecule is CN(C)C(=O)C1(CN=C(N)N2CCN(c3nccs3)CC2)CCCC1.I. The van der Waals surface area contributed by atoms with E-state index in [-0.39, 0.29) is 35.3 Å². The van der Waals surface area contributed by atoms with Gasteiger partial charge in [0.05, 0.1) is 12.0 Å². The van der Waals surface area contributed by atoms with Gasteiger partial charge in [-0.15, -0.1) is 35.3 Å². The molecular formula is C17H29IN6OS. The Kier molecular flexibility index (Phi) is 7.51. The van der Waals surface area contributed by atoms with E-state index in [4.69, 9.17) is 5.73 Å². The third kappa shape index (κ3) is 4.59.